The minimum absolute atomic E-state index is 0.154. The van der Waals surface area contributed by atoms with Crippen molar-refractivity contribution < 1.29 is 23.5 Å². The maximum atomic E-state index is 12.6. The van der Waals surface area contributed by atoms with Gasteiger partial charge < -0.3 is 24.5 Å². The fourth-order valence-corrected chi connectivity index (χ4v) is 4.75. The van der Waals surface area contributed by atoms with Gasteiger partial charge in [0.05, 0.1) is 30.5 Å². The minimum Gasteiger partial charge on any atom is -0.456 e. The monoisotopic (exact) mass is 588 g/mol. The van der Waals surface area contributed by atoms with Crippen LogP contribution in [0.15, 0.2) is 30.3 Å². The van der Waals surface area contributed by atoms with Gasteiger partial charge in [0, 0.05) is 24.3 Å². The molecule has 1 atom stereocenters. The van der Waals surface area contributed by atoms with E-state index in [0.717, 1.165) is 17.1 Å². The maximum absolute atomic E-state index is 12.6. The average molecular weight is 589 g/mol. The molecule has 1 aromatic carbocycles. The van der Waals surface area contributed by atoms with E-state index >= 15 is 0 Å². The van der Waals surface area contributed by atoms with Crippen molar-refractivity contribution in [2.24, 2.45) is 0 Å². The lowest BCUT2D eigenvalue weighted by molar-refractivity contribution is 0.00691. The minimum atomic E-state index is -1.83. The van der Waals surface area contributed by atoms with Gasteiger partial charge in [0.1, 0.15) is 11.2 Å². The number of anilines is 1. The Balaban J connectivity index is 2.09. The highest BCUT2D eigenvalue weighted by Gasteiger charge is 2.37. The van der Waals surface area contributed by atoms with Crippen molar-refractivity contribution in [3.8, 4) is 0 Å². The van der Waals surface area contributed by atoms with Crippen LogP contribution in [0.2, 0.25) is 18.1 Å². The van der Waals surface area contributed by atoms with Crippen LogP contribution in [0.5, 0.6) is 0 Å². The largest absolute Gasteiger partial charge is 0.456 e. The number of carbonyl (C=O) groups excluding carboxylic acids is 2. The zero-order valence-corrected chi connectivity index (χ0v) is 28.2. The van der Waals surface area contributed by atoms with E-state index in [1.165, 1.54) is 0 Å². The SMILES string of the molecule is Cc1cc(CC(CNc2ccc(C(=O)OC(C)(C)C)cc2)NC(=O)OC(C)(C)C)nn1CCO[Si](C)(C)C(C)(C)C. The van der Waals surface area contributed by atoms with Gasteiger partial charge in [-0.05, 0) is 96.9 Å². The summed E-state index contributed by atoms with van der Waals surface area (Å²) in [6.07, 6.45) is 0.0302. The zero-order valence-electron chi connectivity index (χ0n) is 27.2. The highest BCUT2D eigenvalue weighted by atomic mass is 28.4. The number of carbonyl (C=O) groups is 2. The number of benzene rings is 1. The molecule has 2 rings (SSSR count). The van der Waals surface area contributed by atoms with Gasteiger partial charge in [0.2, 0.25) is 0 Å². The molecule has 0 saturated carbocycles. The summed E-state index contributed by atoms with van der Waals surface area (Å²) in [5, 5.41) is 11.3. The number of aromatic nitrogens is 2. The third kappa shape index (κ3) is 11.9. The van der Waals surface area contributed by atoms with Crippen LogP contribution in [0.1, 0.15) is 84.1 Å². The average Bonchev–Trinajstić information content (AvgIpc) is 3.13. The molecule has 0 radical (unpaired) electrons. The zero-order chi connectivity index (χ0) is 31.2. The highest BCUT2D eigenvalue weighted by molar-refractivity contribution is 6.74. The van der Waals surface area contributed by atoms with Crippen LogP contribution >= 0.6 is 0 Å². The summed E-state index contributed by atoms with van der Waals surface area (Å²) in [4.78, 5) is 25.0. The molecule has 0 saturated heterocycles. The van der Waals surface area contributed by atoms with Crippen molar-refractivity contribution in [3.05, 3.63) is 47.3 Å². The van der Waals surface area contributed by atoms with E-state index in [0.29, 0.717) is 31.7 Å². The normalized spacial score (nSPS) is 13.5. The molecule has 0 aliphatic heterocycles. The molecule has 41 heavy (non-hydrogen) atoms. The molecule has 1 unspecified atom stereocenters. The van der Waals surface area contributed by atoms with Gasteiger partial charge in [-0.3, -0.25) is 4.68 Å². The molecule has 1 heterocycles. The first-order valence-electron chi connectivity index (χ1n) is 14.4. The van der Waals surface area contributed by atoms with E-state index in [4.69, 9.17) is 19.0 Å². The van der Waals surface area contributed by atoms with Gasteiger partial charge in [-0.2, -0.15) is 5.10 Å². The molecule has 0 bridgehead atoms. The molecule has 1 amide bonds. The third-order valence-corrected chi connectivity index (χ3v) is 11.4. The van der Waals surface area contributed by atoms with Gasteiger partial charge in [-0.1, -0.05) is 20.8 Å². The van der Waals surface area contributed by atoms with Gasteiger partial charge >= 0.3 is 12.1 Å². The van der Waals surface area contributed by atoms with E-state index in [2.05, 4.69) is 44.5 Å². The quantitative estimate of drug-likeness (QED) is 0.222. The van der Waals surface area contributed by atoms with Crippen LogP contribution < -0.4 is 10.6 Å². The summed E-state index contributed by atoms with van der Waals surface area (Å²) < 4.78 is 19.3. The van der Waals surface area contributed by atoms with Crippen LogP contribution in [-0.2, 0) is 26.9 Å². The summed E-state index contributed by atoms with van der Waals surface area (Å²) >= 11 is 0. The second kappa shape index (κ2) is 13.4. The molecule has 1 aromatic heterocycles. The Morgan fingerprint density at radius 1 is 0.951 bits per heavy atom. The summed E-state index contributed by atoms with van der Waals surface area (Å²) in [6.45, 7) is 26.0. The molecule has 2 N–H and O–H groups in total. The Hall–Kier alpha value is -2.85. The van der Waals surface area contributed by atoms with Crippen molar-refractivity contribution in [3.63, 3.8) is 0 Å². The van der Waals surface area contributed by atoms with Gasteiger partial charge in [-0.25, -0.2) is 9.59 Å². The molecule has 0 fully saturated rings. The summed E-state index contributed by atoms with van der Waals surface area (Å²) in [7, 11) is -1.83. The fraction of sp³-hybridized carbons (Fsp3) is 0.645. The predicted molar refractivity (Wildman–Crippen MR) is 167 cm³/mol. The first-order valence-corrected chi connectivity index (χ1v) is 17.3. The van der Waals surface area contributed by atoms with Gasteiger partial charge in [0.15, 0.2) is 8.32 Å². The van der Waals surface area contributed by atoms with Crippen molar-refractivity contribution in [2.45, 2.75) is 118 Å². The number of rotatable bonds is 11. The molecule has 0 aliphatic rings. The number of aryl methyl sites for hydroxylation is 1. The third-order valence-electron chi connectivity index (χ3n) is 6.85. The van der Waals surface area contributed by atoms with Crippen molar-refractivity contribution in [1.29, 1.82) is 0 Å². The van der Waals surface area contributed by atoms with E-state index < -0.39 is 25.6 Å². The molecular formula is C31H52N4O5Si. The van der Waals surface area contributed by atoms with Crippen molar-refractivity contribution in [2.75, 3.05) is 18.5 Å². The van der Waals surface area contributed by atoms with Crippen LogP contribution in [-0.4, -0.2) is 60.6 Å². The lowest BCUT2D eigenvalue weighted by atomic mass is 10.1. The molecule has 2 aromatic rings. The molecule has 230 valence electrons. The number of amides is 1. The van der Waals surface area contributed by atoms with E-state index in [1.807, 2.05) is 71.3 Å². The van der Waals surface area contributed by atoms with Crippen LogP contribution in [0.25, 0.3) is 0 Å². The number of nitrogens with zero attached hydrogens (tertiary/aromatic N) is 2. The number of hydrogen-bond donors (Lipinski definition) is 2. The summed E-state index contributed by atoms with van der Waals surface area (Å²) in [5.74, 6) is -0.366. The van der Waals surface area contributed by atoms with Crippen LogP contribution in [0.4, 0.5) is 10.5 Å². The number of alkyl carbamates (subject to hydrolysis) is 1. The first-order chi connectivity index (χ1) is 18.6. The Bertz CT molecular complexity index is 1160. The molecule has 10 heteroatoms. The van der Waals surface area contributed by atoms with Gasteiger partial charge in [0.25, 0.3) is 0 Å². The van der Waals surface area contributed by atoms with E-state index in [1.54, 1.807) is 12.1 Å². The summed E-state index contributed by atoms with van der Waals surface area (Å²) in [5.41, 5.74) is 2.04. The number of esters is 1. The Labute approximate surface area is 247 Å². The topological polar surface area (TPSA) is 104 Å². The predicted octanol–water partition coefficient (Wildman–Crippen LogP) is 6.72. The number of ether oxygens (including phenoxy) is 2. The Kier molecular flexibility index (Phi) is 11.2. The molecule has 0 aliphatic carbocycles. The Morgan fingerprint density at radius 3 is 2.07 bits per heavy atom. The molecule has 9 nitrogen and oxygen atoms in total. The second-order valence-corrected chi connectivity index (χ2v) is 18.9. The highest BCUT2D eigenvalue weighted by Crippen LogP contribution is 2.36. The molecular weight excluding hydrogens is 536 g/mol. The fourth-order valence-electron chi connectivity index (χ4n) is 3.71. The van der Waals surface area contributed by atoms with Crippen LogP contribution in [0, 0.1) is 6.92 Å². The number of hydrogen-bond acceptors (Lipinski definition) is 7. The van der Waals surface area contributed by atoms with E-state index in [9.17, 15) is 9.59 Å². The first kappa shape index (κ1) is 34.3. The van der Waals surface area contributed by atoms with Crippen molar-refractivity contribution >= 4 is 26.1 Å². The second-order valence-electron chi connectivity index (χ2n) is 14.1. The standard InChI is InChI=1S/C31H52N4O5Si/c1-22-19-25(34-35(22)17-18-38-41(11,12)31(8,9)10)20-26(33-28(37)40-30(5,6)7)21-32-24-15-13-23(14-16-24)27(36)39-29(2,3)4/h13-16,19,26,32H,17-18,20-21H2,1-12H3,(H,33,37). The van der Waals surface area contributed by atoms with E-state index in [-0.39, 0.29) is 17.0 Å². The smallest absolute Gasteiger partial charge is 0.407 e. The van der Waals surface area contributed by atoms with Crippen molar-refractivity contribution in [1.82, 2.24) is 15.1 Å². The lowest BCUT2D eigenvalue weighted by Crippen LogP contribution is -2.44. The lowest BCUT2D eigenvalue weighted by Gasteiger charge is -2.36. The summed E-state index contributed by atoms with van der Waals surface area (Å²) in [6, 6.07) is 8.86. The van der Waals surface area contributed by atoms with Gasteiger partial charge in [-0.15, -0.1) is 0 Å². The maximum Gasteiger partial charge on any atom is 0.407 e. The molecule has 0 spiro atoms. The number of nitrogens with one attached hydrogen (secondary N) is 2. The Morgan fingerprint density at radius 2 is 1.54 bits per heavy atom. The van der Waals surface area contributed by atoms with Crippen LogP contribution in [0.3, 0.4) is 0 Å².